The fourth-order valence-electron chi connectivity index (χ4n) is 1.89. The third kappa shape index (κ3) is 4.86. The maximum absolute atomic E-state index is 13.7. The van der Waals surface area contributed by atoms with Gasteiger partial charge in [-0.2, -0.15) is 0 Å². The van der Waals surface area contributed by atoms with Gasteiger partial charge in [0.05, 0.1) is 0 Å². The predicted molar refractivity (Wildman–Crippen MR) is 87.0 cm³/mol. The first-order chi connectivity index (χ1) is 10.1. The third-order valence-corrected chi connectivity index (χ3v) is 4.73. The van der Waals surface area contributed by atoms with Gasteiger partial charge in [-0.15, -0.1) is 11.8 Å². The molecule has 2 aromatic carbocycles. The number of carboxylic acid groups (broad SMARTS) is 1. The van der Waals surface area contributed by atoms with Crippen molar-refractivity contribution in [2.24, 2.45) is 0 Å². The first-order valence-electron chi connectivity index (χ1n) is 6.38. The van der Waals surface area contributed by atoms with Gasteiger partial charge in [0.1, 0.15) is 11.1 Å². The van der Waals surface area contributed by atoms with Crippen LogP contribution in [0.15, 0.2) is 53.0 Å². The Morgan fingerprint density at radius 2 is 1.95 bits per heavy atom. The van der Waals surface area contributed by atoms with E-state index < -0.39 is 11.2 Å². The number of benzene rings is 2. The number of carbonyl (C=O) groups is 1. The molecule has 0 saturated carbocycles. The lowest BCUT2D eigenvalue weighted by Gasteiger charge is -2.12. The van der Waals surface area contributed by atoms with Gasteiger partial charge in [-0.1, -0.05) is 46.3 Å². The summed E-state index contributed by atoms with van der Waals surface area (Å²) in [6.07, 6.45) is 0.427. The fraction of sp³-hybridized carbons (Fsp3) is 0.188. The lowest BCUT2D eigenvalue weighted by Crippen LogP contribution is -2.19. The Labute approximate surface area is 135 Å². The number of carboxylic acids is 1. The molecule has 2 nitrogen and oxygen atoms in total. The zero-order chi connectivity index (χ0) is 15.2. The van der Waals surface area contributed by atoms with Crippen molar-refractivity contribution in [3.63, 3.8) is 0 Å². The average Bonchev–Trinajstić information content (AvgIpc) is 2.47. The number of rotatable bonds is 6. The maximum atomic E-state index is 13.7. The highest BCUT2D eigenvalue weighted by Gasteiger charge is 2.19. The summed E-state index contributed by atoms with van der Waals surface area (Å²) in [5.41, 5.74) is 1.47. The van der Waals surface area contributed by atoms with Crippen LogP contribution in [0.3, 0.4) is 0 Å². The fourth-order valence-corrected chi connectivity index (χ4v) is 3.35. The van der Waals surface area contributed by atoms with E-state index in [0.717, 1.165) is 10.0 Å². The summed E-state index contributed by atoms with van der Waals surface area (Å²) in [6.45, 7) is 0. The second-order valence-corrected chi connectivity index (χ2v) is 6.67. The van der Waals surface area contributed by atoms with E-state index in [0.29, 0.717) is 17.7 Å². The molecule has 0 spiro atoms. The average molecular weight is 369 g/mol. The lowest BCUT2D eigenvalue weighted by molar-refractivity contribution is -0.136. The smallest absolute Gasteiger partial charge is 0.316 e. The minimum atomic E-state index is -0.876. The maximum Gasteiger partial charge on any atom is 0.316 e. The number of hydrogen-bond acceptors (Lipinski definition) is 2. The quantitative estimate of drug-likeness (QED) is 0.814. The van der Waals surface area contributed by atoms with Crippen LogP contribution < -0.4 is 0 Å². The molecule has 21 heavy (non-hydrogen) atoms. The highest BCUT2D eigenvalue weighted by atomic mass is 79.9. The van der Waals surface area contributed by atoms with Crippen LogP contribution in [0.1, 0.15) is 11.1 Å². The van der Waals surface area contributed by atoms with Gasteiger partial charge in [0.2, 0.25) is 0 Å². The summed E-state index contributed by atoms with van der Waals surface area (Å²) in [4.78, 5) is 11.4. The molecule has 0 radical (unpaired) electrons. The summed E-state index contributed by atoms with van der Waals surface area (Å²) in [5.74, 6) is -0.858. The molecule has 1 atom stereocenters. The van der Waals surface area contributed by atoms with Crippen molar-refractivity contribution in [3.8, 4) is 0 Å². The topological polar surface area (TPSA) is 37.3 Å². The van der Waals surface area contributed by atoms with Crippen molar-refractivity contribution in [2.45, 2.75) is 17.4 Å². The molecule has 0 heterocycles. The molecule has 1 unspecified atom stereocenters. The highest BCUT2D eigenvalue weighted by Crippen LogP contribution is 2.25. The van der Waals surface area contributed by atoms with Gasteiger partial charge in [-0.3, -0.25) is 4.79 Å². The van der Waals surface area contributed by atoms with Crippen LogP contribution in [0.2, 0.25) is 0 Å². The summed E-state index contributed by atoms with van der Waals surface area (Å²) in [6, 6.07) is 14.1. The third-order valence-electron chi connectivity index (χ3n) is 2.99. The molecule has 0 aromatic heterocycles. The minimum Gasteiger partial charge on any atom is -0.480 e. The van der Waals surface area contributed by atoms with Crippen molar-refractivity contribution in [1.82, 2.24) is 0 Å². The molecule has 5 heteroatoms. The predicted octanol–water partition coefficient (Wildman–Crippen LogP) is 4.52. The molecule has 2 aromatic rings. The molecule has 2 rings (SSSR count). The van der Waals surface area contributed by atoms with E-state index in [4.69, 9.17) is 0 Å². The zero-order valence-corrected chi connectivity index (χ0v) is 13.5. The van der Waals surface area contributed by atoms with Crippen molar-refractivity contribution >= 4 is 33.7 Å². The number of aliphatic carboxylic acids is 1. The summed E-state index contributed by atoms with van der Waals surface area (Å²) in [7, 11) is 0. The normalized spacial score (nSPS) is 12.1. The molecule has 0 aliphatic carbocycles. The monoisotopic (exact) mass is 368 g/mol. The summed E-state index contributed by atoms with van der Waals surface area (Å²) < 4.78 is 14.5. The molecule has 0 amide bonds. The van der Waals surface area contributed by atoms with E-state index in [2.05, 4.69) is 15.9 Å². The van der Waals surface area contributed by atoms with Crippen LogP contribution in [0.25, 0.3) is 0 Å². The molecule has 110 valence electrons. The molecule has 0 fully saturated rings. The summed E-state index contributed by atoms with van der Waals surface area (Å²) in [5, 5.41) is 8.72. The molecular formula is C16H14BrFO2S. The van der Waals surface area contributed by atoms with E-state index >= 15 is 0 Å². The highest BCUT2D eigenvalue weighted by molar-refractivity contribution is 9.10. The Hall–Kier alpha value is -1.33. The standard InChI is InChI=1S/C16H14BrFO2S/c17-13-6-7-14(18)12(9-13)10-21-15(16(19)20)8-11-4-2-1-3-5-11/h1-7,9,15H,8,10H2,(H,19,20). The van der Waals surface area contributed by atoms with Crippen LogP contribution in [0.5, 0.6) is 0 Å². The van der Waals surface area contributed by atoms with E-state index in [1.165, 1.54) is 17.8 Å². The second-order valence-electron chi connectivity index (χ2n) is 4.56. The van der Waals surface area contributed by atoms with Gasteiger partial charge in [0, 0.05) is 10.2 Å². The zero-order valence-electron chi connectivity index (χ0n) is 11.1. The minimum absolute atomic E-state index is 0.311. The largest absolute Gasteiger partial charge is 0.480 e. The van der Waals surface area contributed by atoms with Crippen LogP contribution in [-0.2, 0) is 17.0 Å². The van der Waals surface area contributed by atoms with Crippen LogP contribution >= 0.6 is 27.7 Å². The van der Waals surface area contributed by atoms with Crippen LogP contribution in [0.4, 0.5) is 4.39 Å². The molecule has 1 N–H and O–H groups in total. The SMILES string of the molecule is O=C(O)C(Cc1ccccc1)SCc1cc(Br)ccc1F. The van der Waals surface area contributed by atoms with Crippen molar-refractivity contribution in [3.05, 3.63) is 69.9 Å². The lowest BCUT2D eigenvalue weighted by atomic mass is 10.1. The van der Waals surface area contributed by atoms with Gasteiger partial charge < -0.3 is 5.11 Å². The van der Waals surface area contributed by atoms with Gasteiger partial charge in [-0.05, 0) is 35.7 Å². The molecule has 0 bridgehead atoms. The van der Waals surface area contributed by atoms with E-state index in [1.807, 2.05) is 30.3 Å². The van der Waals surface area contributed by atoms with Gasteiger partial charge in [0.25, 0.3) is 0 Å². The van der Waals surface area contributed by atoms with E-state index in [9.17, 15) is 14.3 Å². The van der Waals surface area contributed by atoms with Crippen molar-refractivity contribution in [1.29, 1.82) is 0 Å². The van der Waals surface area contributed by atoms with Gasteiger partial charge >= 0.3 is 5.97 Å². The van der Waals surface area contributed by atoms with Crippen molar-refractivity contribution in [2.75, 3.05) is 0 Å². The van der Waals surface area contributed by atoms with Crippen molar-refractivity contribution < 1.29 is 14.3 Å². The second kappa shape index (κ2) is 7.61. The molecule has 0 aliphatic heterocycles. The Balaban J connectivity index is 2.03. The number of halogens is 2. The first kappa shape index (κ1) is 16.0. The summed E-state index contributed by atoms with van der Waals surface area (Å²) >= 11 is 4.53. The molecule has 0 aliphatic rings. The van der Waals surface area contributed by atoms with E-state index in [-0.39, 0.29) is 5.82 Å². The Morgan fingerprint density at radius 1 is 1.24 bits per heavy atom. The molecule has 0 saturated heterocycles. The van der Waals surface area contributed by atoms with Gasteiger partial charge in [-0.25, -0.2) is 4.39 Å². The Bertz CT molecular complexity index is 619. The van der Waals surface area contributed by atoms with E-state index in [1.54, 1.807) is 12.1 Å². The first-order valence-corrected chi connectivity index (χ1v) is 8.22. The van der Waals surface area contributed by atoms with Crippen LogP contribution in [-0.4, -0.2) is 16.3 Å². The Morgan fingerprint density at radius 3 is 2.62 bits per heavy atom. The number of hydrogen-bond donors (Lipinski definition) is 1. The Kier molecular flexibility index (Phi) is 5.82. The van der Waals surface area contributed by atoms with Gasteiger partial charge in [0.15, 0.2) is 0 Å². The number of thioether (sulfide) groups is 1. The van der Waals surface area contributed by atoms with Crippen LogP contribution in [0, 0.1) is 5.82 Å². The molecular weight excluding hydrogens is 355 g/mol.